The van der Waals surface area contributed by atoms with Gasteiger partial charge in [-0.15, -0.1) is 0 Å². The minimum absolute atomic E-state index is 0.139. The third-order valence-electron chi connectivity index (χ3n) is 15.3. The maximum atomic E-state index is 12.5. The van der Waals surface area contributed by atoms with Crippen LogP contribution in [0.1, 0.15) is 176 Å². The summed E-state index contributed by atoms with van der Waals surface area (Å²) in [5.74, 6) is 4.43. The average molecular weight is 757 g/mol. The van der Waals surface area contributed by atoms with Gasteiger partial charge < -0.3 is 29.5 Å². The van der Waals surface area contributed by atoms with Crippen molar-refractivity contribution >= 4 is 5.97 Å². The molecule has 3 N–H and O–H groups in total. The number of aliphatic hydroxyl groups is 3. The molecule has 7 heteroatoms. The maximum absolute atomic E-state index is 12.5. The number of allylic oxidation sites excluding steroid dienone is 3. The molecule has 0 aromatic carbocycles. The van der Waals surface area contributed by atoms with Gasteiger partial charge in [-0.2, -0.15) is 0 Å². The molecule has 0 amide bonds. The van der Waals surface area contributed by atoms with Crippen LogP contribution in [0.3, 0.4) is 0 Å². The summed E-state index contributed by atoms with van der Waals surface area (Å²) < 4.78 is 17.9. The zero-order valence-corrected chi connectivity index (χ0v) is 35.2. The predicted octanol–water partition coefficient (Wildman–Crippen LogP) is 10.2. The van der Waals surface area contributed by atoms with Gasteiger partial charge in [0, 0.05) is 6.42 Å². The van der Waals surface area contributed by atoms with Crippen molar-refractivity contribution < 1.29 is 34.3 Å². The highest BCUT2D eigenvalue weighted by atomic mass is 16.7. The van der Waals surface area contributed by atoms with Gasteiger partial charge in [-0.05, 0) is 123 Å². The summed E-state index contributed by atoms with van der Waals surface area (Å²) in [7, 11) is 0. The van der Waals surface area contributed by atoms with Crippen molar-refractivity contribution in [3.05, 3.63) is 23.8 Å². The molecule has 13 atom stereocenters. The molecule has 5 rings (SSSR count). The third kappa shape index (κ3) is 10.6. The largest absolute Gasteiger partial charge is 0.463 e. The Bertz CT molecular complexity index is 1210. The number of hydrogen-bond donors (Lipinski definition) is 3. The standard InChI is InChI=1S/C47H80O7/c1-7-8-9-10-11-12-13-14-15-16-17-21-41(48)52-31-40-42(49)43(50)44(51)45(54-40)53-35-26-28-46(5)34(30-35)22-23-36-38-25-24-37(33(4)20-18-19-32(2)3)47(38,6)29-27-39(36)46/h10-11,22,32-33,35-40,42-45,49-51H,7-9,12-21,23-31H2,1-6H3/b11-10-. The molecule has 3 saturated carbocycles. The molecule has 1 saturated heterocycles. The molecule has 0 spiro atoms. The molecule has 1 aliphatic heterocycles. The van der Waals surface area contributed by atoms with E-state index in [9.17, 15) is 20.1 Å². The molecule has 310 valence electrons. The van der Waals surface area contributed by atoms with E-state index in [1.807, 2.05) is 0 Å². The number of unbranched alkanes of at least 4 members (excludes halogenated alkanes) is 7. The molecular formula is C47H80O7. The summed E-state index contributed by atoms with van der Waals surface area (Å²) >= 11 is 0. The van der Waals surface area contributed by atoms with Crippen LogP contribution in [0.4, 0.5) is 0 Å². The van der Waals surface area contributed by atoms with Crippen LogP contribution >= 0.6 is 0 Å². The van der Waals surface area contributed by atoms with E-state index >= 15 is 0 Å². The number of rotatable bonds is 20. The van der Waals surface area contributed by atoms with E-state index in [1.54, 1.807) is 0 Å². The molecule has 1 heterocycles. The highest BCUT2D eigenvalue weighted by molar-refractivity contribution is 5.69. The number of fused-ring (bicyclic) bond motifs is 5. The lowest BCUT2D eigenvalue weighted by Crippen LogP contribution is -2.60. The third-order valence-corrected chi connectivity index (χ3v) is 15.3. The fourth-order valence-electron chi connectivity index (χ4n) is 12.0. The lowest BCUT2D eigenvalue weighted by atomic mass is 9.47. The second-order valence-corrected chi connectivity index (χ2v) is 19.4. The minimum atomic E-state index is -1.44. The van der Waals surface area contributed by atoms with Crippen molar-refractivity contribution in [2.24, 2.45) is 46.3 Å². The molecule has 4 fully saturated rings. The summed E-state index contributed by atoms with van der Waals surface area (Å²) in [4.78, 5) is 12.5. The van der Waals surface area contributed by atoms with Crippen molar-refractivity contribution in [2.45, 2.75) is 213 Å². The molecule has 4 aliphatic carbocycles. The lowest BCUT2D eigenvalue weighted by molar-refractivity contribution is -0.313. The fourth-order valence-corrected chi connectivity index (χ4v) is 12.0. The van der Waals surface area contributed by atoms with Gasteiger partial charge in [0.05, 0.1) is 6.10 Å². The first-order valence-electron chi connectivity index (χ1n) is 22.7. The van der Waals surface area contributed by atoms with E-state index in [0.717, 1.165) is 87.4 Å². The molecule has 0 radical (unpaired) electrons. The predicted molar refractivity (Wildman–Crippen MR) is 217 cm³/mol. The normalized spacial score (nSPS) is 38.5. The molecule has 0 aromatic heterocycles. The van der Waals surface area contributed by atoms with E-state index in [-0.39, 0.29) is 24.1 Å². The van der Waals surface area contributed by atoms with Crippen molar-refractivity contribution in [3.63, 3.8) is 0 Å². The zero-order valence-electron chi connectivity index (χ0n) is 35.2. The Balaban J connectivity index is 1.07. The first-order valence-corrected chi connectivity index (χ1v) is 22.7. The number of esters is 1. The Hall–Kier alpha value is -1.25. The quantitative estimate of drug-likeness (QED) is 0.0645. The molecule has 5 aliphatic rings. The van der Waals surface area contributed by atoms with Crippen LogP contribution in [-0.4, -0.2) is 64.7 Å². The van der Waals surface area contributed by atoms with Gasteiger partial charge in [0.1, 0.15) is 31.0 Å². The minimum Gasteiger partial charge on any atom is -0.463 e. The van der Waals surface area contributed by atoms with Crippen LogP contribution in [0.15, 0.2) is 23.8 Å². The lowest BCUT2D eigenvalue weighted by Gasteiger charge is -2.58. The van der Waals surface area contributed by atoms with Gasteiger partial charge in [0.2, 0.25) is 0 Å². The van der Waals surface area contributed by atoms with Gasteiger partial charge in [-0.1, -0.05) is 117 Å². The van der Waals surface area contributed by atoms with Gasteiger partial charge in [-0.25, -0.2) is 0 Å². The van der Waals surface area contributed by atoms with Crippen molar-refractivity contribution in [1.82, 2.24) is 0 Å². The summed E-state index contributed by atoms with van der Waals surface area (Å²) in [5.41, 5.74) is 2.14. The number of hydrogen-bond acceptors (Lipinski definition) is 7. The Kier molecular flexibility index (Phi) is 16.6. The Morgan fingerprint density at radius 1 is 0.870 bits per heavy atom. The summed E-state index contributed by atoms with van der Waals surface area (Å²) in [6, 6.07) is 0. The Morgan fingerprint density at radius 2 is 1.61 bits per heavy atom. The SMILES string of the molecule is CCCC/C=C\CCCCCCCC(=O)OCC1OC(OC2CCC3(C)C(=CCC4C3CCC3(C)C(C(C)CCCC(C)C)CCC43)C2)C(O)C(O)C1O. The van der Waals surface area contributed by atoms with Crippen LogP contribution < -0.4 is 0 Å². The van der Waals surface area contributed by atoms with Crippen LogP contribution in [0.25, 0.3) is 0 Å². The van der Waals surface area contributed by atoms with Crippen molar-refractivity contribution in [3.8, 4) is 0 Å². The number of ether oxygens (including phenoxy) is 3. The van der Waals surface area contributed by atoms with Crippen LogP contribution in [0.2, 0.25) is 0 Å². The number of carbonyl (C=O) groups is 1. The number of aliphatic hydroxyl groups excluding tert-OH is 3. The first-order chi connectivity index (χ1) is 25.9. The van der Waals surface area contributed by atoms with Crippen LogP contribution in [-0.2, 0) is 19.0 Å². The van der Waals surface area contributed by atoms with Crippen LogP contribution in [0, 0.1) is 46.3 Å². The van der Waals surface area contributed by atoms with Gasteiger partial charge >= 0.3 is 5.97 Å². The second kappa shape index (κ2) is 20.4. The van der Waals surface area contributed by atoms with Gasteiger partial charge in [0.15, 0.2) is 6.29 Å². The van der Waals surface area contributed by atoms with E-state index in [2.05, 4.69) is 59.8 Å². The van der Waals surface area contributed by atoms with E-state index in [4.69, 9.17) is 14.2 Å². The molecular weight excluding hydrogens is 677 g/mol. The molecule has 0 aromatic rings. The van der Waals surface area contributed by atoms with Crippen molar-refractivity contribution in [2.75, 3.05) is 6.61 Å². The van der Waals surface area contributed by atoms with Gasteiger partial charge in [-0.3, -0.25) is 4.79 Å². The smallest absolute Gasteiger partial charge is 0.305 e. The van der Waals surface area contributed by atoms with E-state index in [0.29, 0.717) is 17.8 Å². The topological polar surface area (TPSA) is 105 Å². The second-order valence-electron chi connectivity index (χ2n) is 19.4. The van der Waals surface area contributed by atoms with Crippen molar-refractivity contribution in [1.29, 1.82) is 0 Å². The molecule has 54 heavy (non-hydrogen) atoms. The Morgan fingerprint density at radius 3 is 2.37 bits per heavy atom. The highest BCUT2D eigenvalue weighted by Gasteiger charge is 2.59. The average Bonchev–Trinajstić information content (AvgIpc) is 3.50. The van der Waals surface area contributed by atoms with E-state index < -0.39 is 30.7 Å². The molecule has 7 nitrogen and oxygen atoms in total. The monoisotopic (exact) mass is 757 g/mol. The molecule has 0 bridgehead atoms. The highest BCUT2D eigenvalue weighted by Crippen LogP contribution is 2.67. The molecule has 13 unspecified atom stereocenters. The van der Waals surface area contributed by atoms with Gasteiger partial charge in [0.25, 0.3) is 0 Å². The Labute approximate surface area is 329 Å². The number of carbonyl (C=O) groups excluding carboxylic acids is 1. The van der Waals surface area contributed by atoms with Crippen LogP contribution in [0.5, 0.6) is 0 Å². The van der Waals surface area contributed by atoms with E-state index in [1.165, 1.54) is 76.2 Å². The fraction of sp³-hybridized carbons (Fsp3) is 0.894. The summed E-state index contributed by atoms with van der Waals surface area (Å²) in [6.07, 6.45) is 24.5. The maximum Gasteiger partial charge on any atom is 0.305 e. The first kappa shape index (κ1) is 43.9. The summed E-state index contributed by atoms with van der Waals surface area (Å²) in [5, 5.41) is 32.4. The summed E-state index contributed by atoms with van der Waals surface area (Å²) in [6.45, 7) is 14.5. The zero-order chi connectivity index (χ0) is 38.9.